The first-order chi connectivity index (χ1) is 8.33. The zero-order chi connectivity index (χ0) is 11.7. The van der Waals surface area contributed by atoms with Gasteiger partial charge in [-0.25, -0.2) is 4.98 Å². The van der Waals surface area contributed by atoms with Crippen molar-refractivity contribution in [3.05, 3.63) is 9.98 Å². The number of anilines is 1. The number of nitrogens with one attached hydrogen (secondary N) is 1. The van der Waals surface area contributed by atoms with Gasteiger partial charge in [-0.2, -0.15) is 0 Å². The molecule has 1 saturated heterocycles. The normalized spacial score (nSPS) is 21.7. The topological polar surface area (TPSA) is 28.2 Å². The smallest absolute Gasteiger partial charge is 0.186 e. The Morgan fingerprint density at radius 3 is 2.71 bits per heavy atom. The Balaban J connectivity index is 1.67. The summed E-state index contributed by atoms with van der Waals surface area (Å²) in [5, 5.41) is 6.73. The SMILES string of the molecule is Brc1csc(N(CC2CCNCC2)C2CC2)n1. The van der Waals surface area contributed by atoms with E-state index < -0.39 is 0 Å². The minimum atomic E-state index is 0.767. The van der Waals surface area contributed by atoms with E-state index in [1.807, 2.05) is 0 Å². The molecule has 94 valence electrons. The maximum Gasteiger partial charge on any atom is 0.186 e. The van der Waals surface area contributed by atoms with Gasteiger partial charge in [-0.15, -0.1) is 11.3 Å². The fourth-order valence-corrected chi connectivity index (χ4v) is 3.82. The third-order valence-corrected chi connectivity index (χ3v) is 5.20. The lowest BCUT2D eigenvalue weighted by Gasteiger charge is -2.30. The minimum absolute atomic E-state index is 0.767. The molecule has 1 N–H and O–H groups in total. The number of aromatic nitrogens is 1. The van der Waals surface area contributed by atoms with E-state index >= 15 is 0 Å². The monoisotopic (exact) mass is 315 g/mol. The van der Waals surface area contributed by atoms with Crippen molar-refractivity contribution in [3.63, 3.8) is 0 Å². The molecule has 0 unspecified atom stereocenters. The molecule has 17 heavy (non-hydrogen) atoms. The molecular weight excluding hydrogens is 298 g/mol. The van der Waals surface area contributed by atoms with E-state index in [0.29, 0.717) is 0 Å². The Morgan fingerprint density at radius 2 is 2.12 bits per heavy atom. The van der Waals surface area contributed by atoms with Crippen LogP contribution in [0.1, 0.15) is 25.7 Å². The van der Waals surface area contributed by atoms with Gasteiger partial charge in [0.25, 0.3) is 0 Å². The summed E-state index contributed by atoms with van der Waals surface area (Å²) < 4.78 is 0.980. The zero-order valence-corrected chi connectivity index (χ0v) is 12.3. The average Bonchev–Trinajstić information content (AvgIpc) is 3.10. The van der Waals surface area contributed by atoms with Crippen molar-refractivity contribution >= 4 is 32.4 Å². The number of rotatable bonds is 4. The quantitative estimate of drug-likeness (QED) is 0.926. The van der Waals surface area contributed by atoms with Gasteiger partial charge in [-0.1, -0.05) is 0 Å². The lowest BCUT2D eigenvalue weighted by atomic mass is 9.97. The van der Waals surface area contributed by atoms with Crippen molar-refractivity contribution in [1.82, 2.24) is 10.3 Å². The molecule has 3 rings (SSSR count). The summed E-state index contributed by atoms with van der Waals surface area (Å²) in [5.74, 6) is 0.847. The molecule has 1 aromatic rings. The highest BCUT2D eigenvalue weighted by Crippen LogP contribution is 2.35. The van der Waals surface area contributed by atoms with Crippen LogP contribution in [0.4, 0.5) is 5.13 Å². The second kappa shape index (κ2) is 5.24. The number of halogens is 1. The van der Waals surface area contributed by atoms with Gasteiger partial charge >= 0.3 is 0 Å². The molecule has 1 saturated carbocycles. The summed E-state index contributed by atoms with van der Waals surface area (Å²) >= 11 is 5.22. The standard InChI is InChI=1S/C12H18BrN3S/c13-11-8-17-12(15-11)16(10-1-2-10)7-9-3-5-14-6-4-9/h8-10,14H,1-7H2. The first-order valence-corrected chi connectivity index (χ1v) is 8.08. The molecule has 2 heterocycles. The molecule has 0 aromatic carbocycles. The zero-order valence-electron chi connectivity index (χ0n) is 9.86. The highest BCUT2D eigenvalue weighted by Gasteiger charge is 2.32. The maximum atomic E-state index is 4.58. The minimum Gasteiger partial charge on any atom is -0.345 e. The molecule has 0 atom stereocenters. The van der Waals surface area contributed by atoms with Gasteiger partial charge in [0.15, 0.2) is 5.13 Å². The molecule has 0 amide bonds. The van der Waals surface area contributed by atoms with Crippen LogP contribution in [0.5, 0.6) is 0 Å². The van der Waals surface area contributed by atoms with Crippen LogP contribution in [0.15, 0.2) is 9.98 Å². The van der Waals surface area contributed by atoms with Gasteiger partial charge in [0.2, 0.25) is 0 Å². The van der Waals surface area contributed by atoms with E-state index in [4.69, 9.17) is 0 Å². The van der Waals surface area contributed by atoms with E-state index in [0.717, 1.165) is 16.6 Å². The Labute approximate surface area is 115 Å². The number of hydrogen-bond donors (Lipinski definition) is 1. The molecule has 2 aliphatic rings. The van der Waals surface area contributed by atoms with Crippen molar-refractivity contribution in [2.75, 3.05) is 24.5 Å². The van der Waals surface area contributed by atoms with Gasteiger partial charge in [-0.3, -0.25) is 0 Å². The number of piperidine rings is 1. The van der Waals surface area contributed by atoms with Crippen LogP contribution in [0.3, 0.4) is 0 Å². The van der Waals surface area contributed by atoms with Crippen molar-refractivity contribution in [1.29, 1.82) is 0 Å². The second-order valence-corrected chi connectivity index (χ2v) is 6.68. The number of thiazole rings is 1. The van der Waals surface area contributed by atoms with Crippen molar-refractivity contribution in [2.24, 2.45) is 5.92 Å². The highest BCUT2D eigenvalue weighted by molar-refractivity contribution is 9.10. The molecule has 5 heteroatoms. The largest absolute Gasteiger partial charge is 0.345 e. The summed E-state index contributed by atoms with van der Waals surface area (Å²) in [6.45, 7) is 3.57. The lowest BCUT2D eigenvalue weighted by Crippen LogP contribution is -2.37. The lowest BCUT2D eigenvalue weighted by molar-refractivity contribution is 0.372. The van der Waals surface area contributed by atoms with Crippen LogP contribution < -0.4 is 10.2 Å². The second-order valence-electron chi connectivity index (χ2n) is 5.03. The number of nitrogens with zero attached hydrogens (tertiary/aromatic N) is 2. The van der Waals surface area contributed by atoms with Gasteiger partial charge in [0.1, 0.15) is 4.60 Å². The van der Waals surface area contributed by atoms with Crippen LogP contribution >= 0.6 is 27.3 Å². The third-order valence-electron chi connectivity index (χ3n) is 3.61. The fraction of sp³-hybridized carbons (Fsp3) is 0.750. The van der Waals surface area contributed by atoms with E-state index in [1.54, 1.807) is 11.3 Å². The van der Waals surface area contributed by atoms with E-state index in [2.05, 4.69) is 36.5 Å². The summed E-state index contributed by atoms with van der Waals surface area (Å²) in [6, 6.07) is 0.767. The van der Waals surface area contributed by atoms with Crippen molar-refractivity contribution in [3.8, 4) is 0 Å². The van der Waals surface area contributed by atoms with Gasteiger partial charge < -0.3 is 10.2 Å². The van der Waals surface area contributed by atoms with Crippen molar-refractivity contribution in [2.45, 2.75) is 31.7 Å². The van der Waals surface area contributed by atoms with Crippen LogP contribution in [0, 0.1) is 5.92 Å². The van der Waals surface area contributed by atoms with Crippen molar-refractivity contribution < 1.29 is 0 Å². The highest BCUT2D eigenvalue weighted by atomic mass is 79.9. The average molecular weight is 316 g/mol. The fourth-order valence-electron chi connectivity index (χ4n) is 2.49. The van der Waals surface area contributed by atoms with Gasteiger partial charge in [0, 0.05) is 18.0 Å². The molecule has 0 radical (unpaired) electrons. The molecule has 3 nitrogen and oxygen atoms in total. The van der Waals surface area contributed by atoms with Crippen LogP contribution in [0.2, 0.25) is 0 Å². The molecule has 0 bridgehead atoms. The predicted octanol–water partition coefficient (Wildman–Crippen LogP) is 2.87. The first-order valence-electron chi connectivity index (χ1n) is 6.41. The Hall–Kier alpha value is -0.130. The molecule has 1 aliphatic heterocycles. The molecule has 2 fully saturated rings. The summed E-state index contributed by atoms with van der Waals surface area (Å²) in [6.07, 6.45) is 5.33. The summed E-state index contributed by atoms with van der Waals surface area (Å²) in [7, 11) is 0. The Kier molecular flexibility index (Phi) is 3.68. The summed E-state index contributed by atoms with van der Waals surface area (Å²) in [4.78, 5) is 7.13. The van der Waals surface area contributed by atoms with E-state index in [1.165, 1.54) is 50.4 Å². The number of hydrogen-bond acceptors (Lipinski definition) is 4. The van der Waals surface area contributed by atoms with Gasteiger partial charge in [-0.05, 0) is 60.6 Å². The molecule has 1 aromatic heterocycles. The van der Waals surface area contributed by atoms with E-state index in [-0.39, 0.29) is 0 Å². The van der Waals surface area contributed by atoms with Crippen LogP contribution in [-0.2, 0) is 0 Å². The van der Waals surface area contributed by atoms with Crippen LogP contribution in [-0.4, -0.2) is 30.7 Å². The molecular formula is C12H18BrN3S. The van der Waals surface area contributed by atoms with E-state index in [9.17, 15) is 0 Å². The molecule has 1 aliphatic carbocycles. The Morgan fingerprint density at radius 1 is 1.35 bits per heavy atom. The first kappa shape index (κ1) is 11.9. The van der Waals surface area contributed by atoms with Gasteiger partial charge in [0.05, 0.1) is 0 Å². The maximum absolute atomic E-state index is 4.58. The third kappa shape index (κ3) is 3.01. The molecule has 0 spiro atoms. The Bertz CT molecular complexity index is 372. The predicted molar refractivity (Wildman–Crippen MR) is 75.8 cm³/mol. The van der Waals surface area contributed by atoms with Crippen LogP contribution in [0.25, 0.3) is 0 Å². The summed E-state index contributed by atoms with van der Waals surface area (Å²) in [5.41, 5.74) is 0.